The van der Waals surface area contributed by atoms with E-state index >= 15 is 0 Å². The molecule has 0 fully saturated rings. The predicted octanol–water partition coefficient (Wildman–Crippen LogP) is 2.62. The standard InChI is InChI=1S/C15H21N3/c1-10-5-11(2)15(12(3)6-10)9-18-13(4)17-8-14(18)7-16/h5-6,8H,7,9,16H2,1-4H3. The van der Waals surface area contributed by atoms with Crippen LogP contribution in [0.3, 0.4) is 0 Å². The normalized spacial score (nSPS) is 10.9. The zero-order chi connectivity index (χ0) is 13.3. The summed E-state index contributed by atoms with van der Waals surface area (Å²) in [6.45, 7) is 9.89. The summed E-state index contributed by atoms with van der Waals surface area (Å²) in [5.74, 6) is 1.02. The molecule has 0 spiro atoms. The molecule has 0 saturated heterocycles. The number of imidazole rings is 1. The zero-order valence-electron chi connectivity index (χ0n) is 11.6. The largest absolute Gasteiger partial charge is 0.327 e. The molecule has 0 amide bonds. The summed E-state index contributed by atoms with van der Waals surface area (Å²) in [5.41, 5.74) is 12.2. The molecule has 0 radical (unpaired) electrons. The van der Waals surface area contributed by atoms with Gasteiger partial charge in [0.15, 0.2) is 0 Å². The smallest absolute Gasteiger partial charge is 0.106 e. The fraction of sp³-hybridized carbons (Fsp3) is 0.400. The molecule has 0 atom stereocenters. The Bertz CT molecular complexity index is 544. The first-order valence-corrected chi connectivity index (χ1v) is 6.30. The monoisotopic (exact) mass is 243 g/mol. The summed E-state index contributed by atoms with van der Waals surface area (Å²) in [7, 11) is 0. The number of hydrogen-bond acceptors (Lipinski definition) is 2. The van der Waals surface area contributed by atoms with Gasteiger partial charge in [0.1, 0.15) is 5.82 Å². The minimum absolute atomic E-state index is 0.533. The highest BCUT2D eigenvalue weighted by Crippen LogP contribution is 2.19. The van der Waals surface area contributed by atoms with Crippen LogP contribution in [0.4, 0.5) is 0 Å². The first kappa shape index (κ1) is 12.8. The molecule has 0 aliphatic heterocycles. The maximum Gasteiger partial charge on any atom is 0.106 e. The lowest BCUT2D eigenvalue weighted by Gasteiger charge is -2.15. The Balaban J connectivity index is 2.43. The van der Waals surface area contributed by atoms with Gasteiger partial charge in [0.25, 0.3) is 0 Å². The summed E-state index contributed by atoms with van der Waals surface area (Å²) in [4.78, 5) is 4.34. The van der Waals surface area contributed by atoms with Gasteiger partial charge < -0.3 is 10.3 Å². The molecule has 2 rings (SSSR count). The molecule has 96 valence electrons. The highest BCUT2D eigenvalue weighted by atomic mass is 15.1. The summed E-state index contributed by atoms with van der Waals surface area (Å²) in [6.07, 6.45) is 1.87. The van der Waals surface area contributed by atoms with E-state index in [0.29, 0.717) is 6.54 Å². The van der Waals surface area contributed by atoms with Gasteiger partial charge in [0.05, 0.1) is 5.69 Å². The summed E-state index contributed by atoms with van der Waals surface area (Å²) < 4.78 is 2.20. The molecule has 2 aromatic rings. The van der Waals surface area contributed by atoms with Crippen molar-refractivity contribution in [2.45, 2.75) is 40.8 Å². The number of aromatic nitrogens is 2. The predicted molar refractivity (Wildman–Crippen MR) is 74.6 cm³/mol. The van der Waals surface area contributed by atoms with Crippen LogP contribution in [0.1, 0.15) is 33.8 Å². The van der Waals surface area contributed by atoms with Crippen molar-refractivity contribution in [3.05, 3.63) is 52.1 Å². The molecule has 0 bridgehead atoms. The van der Waals surface area contributed by atoms with Crippen LogP contribution in [0.2, 0.25) is 0 Å². The van der Waals surface area contributed by atoms with E-state index in [4.69, 9.17) is 5.73 Å². The second kappa shape index (κ2) is 4.94. The Morgan fingerprint density at radius 3 is 2.28 bits per heavy atom. The molecule has 1 heterocycles. The minimum atomic E-state index is 0.533. The van der Waals surface area contributed by atoms with Gasteiger partial charge in [-0.1, -0.05) is 17.7 Å². The van der Waals surface area contributed by atoms with E-state index in [1.165, 1.54) is 22.3 Å². The maximum atomic E-state index is 5.76. The van der Waals surface area contributed by atoms with Crippen molar-refractivity contribution in [2.24, 2.45) is 5.73 Å². The first-order chi connectivity index (χ1) is 8.52. The third-order valence-electron chi connectivity index (χ3n) is 3.50. The van der Waals surface area contributed by atoms with E-state index in [2.05, 4.69) is 42.5 Å². The highest BCUT2D eigenvalue weighted by molar-refractivity contribution is 5.38. The van der Waals surface area contributed by atoms with Gasteiger partial charge in [-0.3, -0.25) is 0 Å². The molecule has 0 saturated carbocycles. The molecule has 1 aromatic heterocycles. The van der Waals surface area contributed by atoms with Crippen LogP contribution in [0.5, 0.6) is 0 Å². The van der Waals surface area contributed by atoms with Gasteiger partial charge in [-0.15, -0.1) is 0 Å². The molecule has 1 aromatic carbocycles. The lowest BCUT2D eigenvalue weighted by Crippen LogP contribution is -2.11. The number of hydrogen-bond donors (Lipinski definition) is 1. The van der Waals surface area contributed by atoms with Crippen molar-refractivity contribution in [2.75, 3.05) is 0 Å². The molecular weight excluding hydrogens is 222 g/mol. The Morgan fingerprint density at radius 2 is 1.72 bits per heavy atom. The Morgan fingerprint density at radius 1 is 1.11 bits per heavy atom. The fourth-order valence-electron chi connectivity index (χ4n) is 2.51. The van der Waals surface area contributed by atoms with Gasteiger partial charge in [-0.05, 0) is 44.4 Å². The second-order valence-corrected chi connectivity index (χ2v) is 4.96. The number of benzene rings is 1. The van der Waals surface area contributed by atoms with E-state index in [9.17, 15) is 0 Å². The molecule has 0 aliphatic carbocycles. The Hall–Kier alpha value is -1.61. The summed E-state index contributed by atoms with van der Waals surface area (Å²) in [6, 6.07) is 4.47. The van der Waals surface area contributed by atoms with Crippen molar-refractivity contribution >= 4 is 0 Å². The van der Waals surface area contributed by atoms with Gasteiger partial charge in [-0.25, -0.2) is 4.98 Å². The fourth-order valence-corrected chi connectivity index (χ4v) is 2.51. The number of nitrogens with zero attached hydrogens (tertiary/aromatic N) is 2. The van der Waals surface area contributed by atoms with Crippen LogP contribution in [0.25, 0.3) is 0 Å². The van der Waals surface area contributed by atoms with Gasteiger partial charge in [0.2, 0.25) is 0 Å². The van der Waals surface area contributed by atoms with Crippen molar-refractivity contribution < 1.29 is 0 Å². The number of rotatable bonds is 3. The lowest BCUT2D eigenvalue weighted by atomic mass is 10.00. The van der Waals surface area contributed by atoms with Crippen LogP contribution in [0, 0.1) is 27.7 Å². The second-order valence-electron chi connectivity index (χ2n) is 4.96. The lowest BCUT2D eigenvalue weighted by molar-refractivity contribution is 0.707. The Kier molecular flexibility index (Phi) is 3.53. The van der Waals surface area contributed by atoms with E-state index in [1.807, 2.05) is 13.1 Å². The molecule has 18 heavy (non-hydrogen) atoms. The first-order valence-electron chi connectivity index (χ1n) is 6.30. The molecule has 3 heteroatoms. The third kappa shape index (κ3) is 2.31. The van der Waals surface area contributed by atoms with Crippen LogP contribution >= 0.6 is 0 Å². The Labute approximate surface area is 109 Å². The van der Waals surface area contributed by atoms with Crippen LogP contribution in [0.15, 0.2) is 18.3 Å². The van der Waals surface area contributed by atoms with Crippen LogP contribution in [-0.2, 0) is 13.1 Å². The average Bonchev–Trinajstić information content (AvgIpc) is 2.64. The van der Waals surface area contributed by atoms with E-state index in [1.54, 1.807) is 0 Å². The van der Waals surface area contributed by atoms with Crippen molar-refractivity contribution in [3.8, 4) is 0 Å². The quantitative estimate of drug-likeness (QED) is 0.900. The van der Waals surface area contributed by atoms with E-state index in [0.717, 1.165) is 18.1 Å². The van der Waals surface area contributed by atoms with Crippen LogP contribution < -0.4 is 5.73 Å². The maximum absolute atomic E-state index is 5.76. The third-order valence-corrected chi connectivity index (χ3v) is 3.50. The topological polar surface area (TPSA) is 43.8 Å². The highest BCUT2D eigenvalue weighted by Gasteiger charge is 2.09. The van der Waals surface area contributed by atoms with Crippen molar-refractivity contribution in [1.29, 1.82) is 0 Å². The van der Waals surface area contributed by atoms with E-state index < -0.39 is 0 Å². The molecular formula is C15H21N3. The zero-order valence-corrected chi connectivity index (χ0v) is 11.6. The van der Waals surface area contributed by atoms with Gasteiger partial charge >= 0.3 is 0 Å². The average molecular weight is 243 g/mol. The van der Waals surface area contributed by atoms with Crippen molar-refractivity contribution in [1.82, 2.24) is 9.55 Å². The van der Waals surface area contributed by atoms with Gasteiger partial charge in [-0.2, -0.15) is 0 Å². The molecule has 0 aliphatic rings. The van der Waals surface area contributed by atoms with E-state index in [-0.39, 0.29) is 0 Å². The van der Waals surface area contributed by atoms with Gasteiger partial charge in [0, 0.05) is 19.3 Å². The molecule has 2 N–H and O–H groups in total. The van der Waals surface area contributed by atoms with Crippen molar-refractivity contribution in [3.63, 3.8) is 0 Å². The summed E-state index contributed by atoms with van der Waals surface area (Å²) >= 11 is 0. The summed E-state index contributed by atoms with van der Waals surface area (Å²) in [5, 5.41) is 0. The minimum Gasteiger partial charge on any atom is -0.327 e. The SMILES string of the molecule is Cc1cc(C)c(Cn2c(CN)cnc2C)c(C)c1. The molecule has 0 unspecified atom stereocenters. The number of nitrogens with two attached hydrogens (primary N) is 1. The van der Waals surface area contributed by atoms with Crippen LogP contribution in [-0.4, -0.2) is 9.55 Å². The molecule has 3 nitrogen and oxygen atoms in total. The number of aryl methyl sites for hydroxylation is 4.